The third kappa shape index (κ3) is 6.23. The molecule has 3 rings (SSSR count). The maximum absolute atomic E-state index is 12.5. The molecule has 2 amide bonds. The Morgan fingerprint density at radius 3 is 2.52 bits per heavy atom. The van der Waals surface area contributed by atoms with Gasteiger partial charge in [0.2, 0.25) is 17.6 Å². The molecule has 0 radical (unpaired) electrons. The molecule has 3 aromatic rings. The molecule has 2 aromatic heterocycles. The first-order valence-corrected chi connectivity index (χ1v) is 9.66. The van der Waals surface area contributed by atoms with E-state index in [1.54, 1.807) is 54.9 Å². The van der Waals surface area contributed by atoms with Gasteiger partial charge in [0.05, 0.1) is 0 Å². The minimum Gasteiger partial charge on any atom is -0.484 e. The van der Waals surface area contributed by atoms with Crippen molar-refractivity contribution in [1.82, 2.24) is 20.4 Å². The summed E-state index contributed by atoms with van der Waals surface area (Å²) in [6.45, 7) is 3.72. The minimum absolute atomic E-state index is 0.0322. The summed E-state index contributed by atoms with van der Waals surface area (Å²) in [6, 6.07) is 10.0. The van der Waals surface area contributed by atoms with Crippen LogP contribution in [0.2, 0.25) is 0 Å². The molecule has 9 heteroatoms. The van der Waals surface area contributed by atoms with Crippen molar-refractivity contribution >= 4 is 17.9 Å². The van der Waals surface area contributed by atoms with Crippen molar-refractivity contribution in [2.24, 2.45) is 11.7 Å². The summed E-state index contributed by atoms with van der Waals surface area (Å²) in [5, 5.41) is 6.90. The Balaban J connectivity index is 1.63. The monoisotopic (exact) mass is 421 g/mol. The number of nitrogens with zero attached hydrogens (tertiary/aromatic N) is 3. The fourth-order valence-electron chi connectivity index (χ4n) is 2.70. The molecule has 0 aliphatic heterocycles. The van der Waals surface area contributed by atoms with Crippen LogP contribution in [-0.4, -0.2) is 33.5 Å². The number of nitrogens with two attached hydrogens (primary N) is 1. The maximum Gasteiger partial charge on any atom is 0.255 e. The number of pyridine rings is 1. The van der Waals surface area contributed by atoms with E-state index < -0.39 is 11.9 Å². The fourth-order valence-corrected chi connectivity index (χ4v) is 2.70. The number of rotatable bonds is 9. The minimum atomic E-state index is -0.547. The third-order valence-corrected chi connectivity index (χ3v) is 4.30. The highest BCUT2D eigenvalue weighted by atomic mass is 16.5. The summed E-state index contributed by atoms with van der Waals surface area (Å²) >= 11 is 0. The van der Waals surface area contributed by atoms with Gasteiger partial charge < -0.3 is 20.3 Å². The van der Waals surface area contributed by atoms with Crippen LogP contribution in [0.25, 0.3) is 17.5 Å². The lowest BCUT2D eigenvalue weighted by atomic mass is 10.0. The Morgan fingerprint density at radius 1 is 1.16 bits per heavy atom. The van der Waals surface area contributed by atoms with Crippen LogP contribution >= 0.6 is 0 Å². The second-order valence-corrected chi connectivity index (χ2v) is 7.08. The Morgan fingerprint density at radius 2 is 1.87 bits per heavy atom. The van der Waals surface area contributed by atoms with Crippen LogP contribution in [-0.2, 0) is 9.59 Å². The lowest BCUT2D eigenvalue weighted by Gasteiger charge is -2.17. The summed E-state index contributed by atoms with van der Waals surface area (Å²) in [6.07, 6.45) is 6.39. The molecule has 0 bridgehead atoms. The highest BCUT2D eigenvalue weighted by molar-refractivity contribution is 5.92. The van der Waals surface area contributed by atoms with Gasteiger partial charge in [-0.2, -0.15) is 4.98 Å². The van der Waals surface area contributed by atoms with Gasteiger partial charge in [0.15, 0.2) is 6.61 Å². The molecule has 3 N–H and O–H groups in total. The first-order valence-electron chi connectivity index (χ1n) is 9.66. The largest absolute Gasteiger partial charge is 0.484 e. The number of carbonyl (C=O) groups excluding carboxylic acids is 2. The molecule has 0 saturated heterocycles. The molecule has 31 heavy (non-hydrogen) atoms. The number of carbonyl (C=O) groups is 2. The first-order chi connectivity index (χ1) is 14.9. The van der Waals surface area contributed by atoms with Crippen molar-refractivity contribution in [3.8, 4) is 17.1 Å². The van der Waals surface area contributed by atoms with Crippen molar-refractivity contribution in [3.05, 3.63) is 66.3 Å². The quantitative estimate of drug-likeness (QED) is 0.507. The summed E-state index contributed by atoms with van der Waals surface area (Å²) in [4.78, 5) is 31.6. The zero-order chi connectivity index (χ0) is 22.2. The number of hydrogen-bond acceptors (Lipinski definition) is 7. The highest BCUT2D eigenvalue weighted by Crippen LogP contribution is 2.23. The Bertz CT molecular complexity index is 1050. The molecule has 160 valence electrons. The molecule has 0 spiro atoms. The van der Waals surface area contributed by atoms with Crippen LogP contribution in [0.5, 0.6) is 5.75 Å². The van der Waals surface area contributed by atoms with Gasteiger partial charge in [-0.1, -0.05) is 31.1 Å². The van der Waals surface area contributed by atoms with Gasteiger partial charge in [-0.05, 0) is 41.8 Å². The topological polar surface area (TPSA) is 133 Å². The molecule has 1 unspecified atom stereocenters. The Labute approximate surface area is 179 Å². The predicted molar refractivity (Wildman–Crippen MR) is 113 cm³/mol. The number of benzene rings is 1. The van der Waals surface area contributed by atoms with E-state index in [9.17, 15) is 9.59 Å². The smallest absolute Gasteiger partial charge is 0.255 e. The van der Waals surface area contributed by atoms with Crippen LogP contribution < -0.4 is 15.8 Å². The van der Waals surface area contributed by atoms with Gasteiger partial charge >= 0.3 is 0 Å². The highest BCUT2D eigenvalue weighted by Gasteiger charge is 2.24. The molecule has 1 aromatic carbocycles. The number of amides is 2. The van der Waals surface area contributed by atoms with E-state index in [0.29, 0.717) is 17.5 Å². The number of primary amides is 1. The molecule has 0 aliphatic carbocycles. The zero-order valence-corrected chi connectivity index (χ0v) is 17.2. The second kappa shape index (κ2) is 10.1. The number of ether oxygens (including phenoxy) is 1. The maximum atomic E-state index is 12.5. The molecule has 0 fully saturated rings. The van der Waals surface area contributed by atoms with Gasteiger partial charge in [-0.25, -0.2) is 0 Å². The van der Waals surface area contributed by atoms with E-state index in [0.717, 1.165) is 11.1 Å². The third-order valence-electron chi connectivity index (χ3n) is 4.30. The van der Waals surface area contributed by atoms with E-state index in [4.69, 9.17) is 15.0 Å². The summed E-state index contributed by atoms with van der Waals surface area (Å²) in [5.41, 5.74) is 6.62. The van der Waals surface area contributed by atoms with Crippen LogP contribution in [0.4, 0.5) is 0 Å². The van der Waals surface area contributed by atoms with Crippen molar-refractivity contribution in [3.63, 3.8) is 0 Å². The summed E-state index contributed by atoms with van der Waals surface area (Å²) in [5.74, 6) is 0.475. The van der Waals surface area contributed by atoms with E-state index >= 15 is 0 Å². The SMILES string of the molecule is CC(C)C(NC(=O)/C=C/c1ccc(OCC(N)=O)cc1)c1nc(-c2ccncc2)no1. The Kier molecular flexibility index (Phi) is 7.10. The average molecular weight is 421 g/mol. The van der Waals surface area contributed by atoms with Gasteiger partial charge in [-0.15, -0.1) is 0 Å². The molecule has 2 heterocycles. The van der Waals surface area contributed by atoms with Crippen LogP contribution in [0.15, 0.2) is 59.4 Å². The molecular weight excluding hydrogens is 398 g/mol. The summed E-state index contributed by atoms with van der Waals surface area (Å²) in [7, 11) is 0. The van der Waals surface area contributed by atoms with Crippen molar-refractivity contribution in [2.75, 3.05) is 6.61 Å². The second-order valence-electron chi connectivity index (χ2n) is 7.08. The zero-order valence-electron chi connectivity index (χ0n) is 17.2. The van der Waals surface area contributed by atoms with Crippen LogP contribution in [0.1, 0.15) is 31.3 Å². The van der Waals surface area contributed by atoms with Crippen LogP contribution in [0.3, 0.4) is 0 Å². The van der Waals surface area contributed by atoms with Crippen molar-refractivity contribution in [1.29, 1.82) is 0 Å². The predicted octanol–water partition coefficient (Wildman–Crippen LogP) is 2.52. The Hall–Kier alpha value is -4.01. The molecule has 1 atom stereocenters. The molecule has 0 saturated carbocycles. The lowest BCUT2D eigenvalue weighted by molar-refractivity contribution is -0.120. The van der Waals surface area contributed by atoms with Crippen LogP contribution in [0, 0.1) is 5.92 Å². The standard InChI is InChI=1S/C22H23N5O4/c1-14(2)20(22-26-21(27-31-22)16-9-11-24-12-10-16)25-19(29)8-5-15-3-6-17(7-4-15)30-13-18(23)28/h3-12,14,20H,13H2,1-2H3,(H2,23,28)(H,25,29)/b8-5+. The van der Waals surface area contributed by atoms with Crippen molar-refractivity contribution < 1.29 is 18.8 Å². The molecule has 9 nitrogen and oxygen atoms in total. The van der Waals surface area contributed by atoms with Gasteiger partial charge in [0.1, 0.15) is 11.8 Å². The summed E-state index contributed by atoms with van der Waals surface area (Å²) < 4.78 is 10.6. The number of aromatic nitrogens is 3. The molecular formula is C22H23N5O4. The van der Waals surface area contributed by atoms with Gasteiger partial charge in [0.25, 0.3) is 5.91 Å². The average Bonchev–Trinajstić information content (AvgIpc) is 3.25. The normalized spacial score (nSPS) is 12.1. The van der Waals surface area contributed by atoms with Gasteiger partial charge in [-0.3, -0.25) is 14.6 Å². The van der Waals surface area contributed by atoms with E-state index in [-0.39, 0.29) is 18.4 Å². The molecule has 0 aliphatic rings. The lowest BCUT2D eigenvalue weighted by Crippen LogP contribution is -2.30. The first kappa shape index (κ1) is 21.7. The fraction of sp³-hybridized carbons (Fsp3) is 0.227. The van der Waals surface area contributed by atoms with Crippen molar-refractivity contribution in [2.45, 2.75) is 19.9 Å². The van der Waals surface area contributed by atoms with Gasteiger partial charge in [0, 0.05) is 24.0 Å². The van der Waals surface area contributed by atoms with E-state index in [1.165, 1.54) is 6.08 Å². The number of nitrogens with one attached hydrogen (secondary N) is 1. The number of hydrogen-bond donors (Lipinski definition) is 2. The van der Waals surface area contributed by atoms with E-state index in [2.05, 4.69) is 20.4 Å². The van der Waals surface area contributed by atoms with E-state index in [1.807, 2.05) is 13.8 Å².